The lowest BCUT2D eigenvalue weighted by Crippen LogP contribution is -2.44. The van der Waals surface area contributed by atoms with Crippen molar-refractivity contribution in [3.05, 3.63) is 50.9 Å². The fourth-order valence-corrected chi connectivity index (χ4v) is 4.23. The highest BCUT2D eigenvalue weighted by atomic mass is 35.5. The lowest BCUT2D eigenvalue weighted by molar-refractivity contribution is -0.122. The van der Waals surface area contributed by atoms with Gasteiger partial charge in [-0.15, -0.1) is 0 Å². The van der Waals surface area contributed by atoms with Gasteiger partial charge in [-0.2, -0.15) is 4.37 Å². The van der Waals surface area contributed by atoms with Crippen LogP contribution in [-0.4, -0.2) is 33.7 Å². The second kappa shape index (κ2) is 9.53. The Hall–Kier alpha value is -1.63. The SMILES string of the molecule is O=C(CN(Cc1ccccc1)C(=O)c1nsc(Cl)c1Cl)NC1CCCCC1. The smallest absolute Gasteiger partial charge is 0.275 e. The molecule has 3 rings (SSSR count). The summed E-state index contributed by atoms with van der Waals surface area (Å²) < 4.78 is 4.33. The molecule has 1 aliphatic carbocycles. The second-order valence-electron chi connectivity index (χ2n) is 6.67. The molecule has 1 saturated carbocycles. The zero-order valence-corrected chi connectivity index (χ0v) is 17.1. The van der Waals surface area contributed by atoms with E-state index in [2.05, 4.69) is 9.69 Å². The number of hydrogen-bond donors (Lipinski definition) is 1. The second-order valence-corrected chi connectivity index (χ2v) is 8.42. The highest BCUT2D eigenvalue weighted by Gasteiger charge is 2.26. The van der Waals surface area contributed by atoms with Crippen molar-refractivity contribution < 1.29 is 9.59 Å². The predicted molar refractivity (Wildman–Crippen MR) is 108 cm³/mol. The zero-order valence-electron chi connectivity index (χ0n) is 14.8. The average molecular weight is 426 g/mol. The van der Waals surface area contributed by atoms with Crippen LogP contribution in [0.3, 0.4) is 0 Å². The van der Waals surface area contributed by atoms with Crippen LogP contribution in [0.1, 0.15) is 48.2 Å². The van der Waals surface area contributed by atoms with Gasteiger partial charge in [-0.3, -0.25) is 9.59 Å². The largest absolute Gasteiger partial charge is 0.352 e. The van der Waals surface area contributed by atoms with Crippen LogP contribution in [0.15, 0.2) is 30.3 Å². The first-order valence-electron chi connectivity index (χ1n) is 8.98. The van der Waals surface area contributed by atoms with Gasteiger partial charge in [0.2, 0.25) is 5.91 Å². The van der Waals surface area contributed by atoms with E-state index < -0.39 is 5.91 Å². The Morgan fingerprint density at radius 1 is 1.15 bits per heavy atom. The Labute approximate surface area is 172 Å². The Morgan fingerprint density at radius 3 is 2.48 bits per heavy atom. The molecule has 5 nitrogen and oxygen atoms in total. The minimum absolute atomic E-state index is 0.0459. The summed E-state index contributed by atoms with van der Waals surface area (Å²) in [5.74, 6) is -0.561. The van der Waals surface area contributed by atoms with Gasteiger partial charge in [0.05, 0.1) is 0 Å². The molecule has 0 bridgehead atoms. The van der Waals surface area contributed by atoms with Crippen molar-refractivity contribution in [3.63, 3.8) is 0 Å². The van der Waals surface area contributed by atoms with Gasteiger partial charge < -0.3 is 10.2 Å². The molecule has 1 heterocycles. The van der Waals surface area contributed by atoms with Crippen molar-refractivity contribution in [2.24, 2.45) is 0 Å². The van der Waals surface area contributed by atoms with E-state index in [1.165, 1.54) is 11.3 Å². The number of aromatic nitrogens is 1. The molecule has 0 spiro atoms. The lowest BCUT2D eigenvalue weighted by atomic mass is 9.95. The summed E-state index contributed by atoms with van der Waals surface area (Å²) in [5, 5.41) is 3.19. The summed E-state index contributed by atoms with van der Waals surface area (Å²) in [7, 11) is 0. The summed E-state index contributed by atoms with van der Waals surface area (Å²) in [4.78, 5) is 27.0. The van der Waals surface area contributed by atoms with Gasteiger partial charge in [0.1, 0.15) is 15.9 Å². The van der Waals surface area contributed by atoms with Gasteiger partial charge in [0, 0.05) is 12.6 Å². The Kier molecular flexibility index (Phi) is 7.10. The third kappa shape index (κ3) is 5.43. The quantitative estimate of drug-likeness (QED) is 0.738. The average Bonchev–Trinajstić information content (AvgIpc) is 3.01. The van der Waals surface area contributed by atoms with Crippen LogP contribution in [0.4, 0.5) is 0 Å². The molecule has 0 saturated heterocycles. The molecule has 0 aliphatic heterocycles. The molecule has 144 valence electrons. The standard InChI is InChI=1S/C19H21Cl2N3O2S/c20-16-17(23-27-18(16)21)19(26)24(11-13-7-3-1-4-8-13)12-15(25)22-14-9-5-2-6-10-14/h1,3-4,7-8,14H,2,5-6,9-12H2,(H,22,25). The van der Waals surface area contributed by atoms with E-state index in [1.54, 1.807) is 0 Å². The van der Waals surface area contributed by atoms with Crippen LogP contribution in [0.2, 0.25) is 9.36 Å². The van der Waals surface area contributed by atoms with E-state index in [-0.39, 0.29) is 33.5 Å². The molecule has 0 unspecified atom stereocenters. The Morgan fingerprint density at radius 2 is 1.85 bits per heavy atom. The van der Waals surface area contributed by atoms with Crippen LogP contribution in [0.5, 0.6) is 0 Å². The molecule has 2 amide bonds. The fourth-order valence-electron chi connectivity index (χ4n) is 3.24. The van der Waals surface area contributed by atoms with Crippen molar-refractivity contribution >= 4 is 46.5 Å². The van der Waals surface area contributed by atoms with E-state index in [4.69, 9.17) is 23.2 Å². The van der Waals surface area contributed by atoms with Gasteiger partial charge >= 0.3 is 0 Å². The van der Waals surface area contributed by atoms with E-state index in [9.17, 15) is 9.59 Å². The third-order valence-electron chi connectivity index (χ3n) is 4.61. The summed E-state index contributed by atoms with van der Waals surface area (Å²) in [5.41, 5.74) is 1.02. The third-order valence-corrected chi connectivity index (χ3v) is 6.22. The van der Waals surface area contributed by atoms with Crippen molar-refractivity contribution in [2.75, 3.05) is 6.54 Å². The van der Waals surface area contributed by atoms with E-state index in [0.29, 0.717) is 6.54 Å². The molecule has 1 aliphatic rings. The minimum Gasteiger partial charge on any atom is -0.352 e. The van der Waals surface area contributed by atoms with Crippen LogP contribution < -0.4 is 5.32 Å². The van der Waals surface area contributed by atoms with E-state index in [1.807, 2.05) is 30.3 Å². The zero-order chi connectivity index (χ0) is 19.2. The van der Waals surface area contributed by atoms with Gasteiger partial charge in [0.15, 0.2) is 5.69 Å². The Bertz CT molecular complexity index is 792. The maximum Gasteiger partial charge on any atom is 0.275 e. The highest BCUT2D eigenvalue weighted by molar-refractivity contribution is 7.11. The van der Waals surface area contributed by atoms with E-state index in [0.717, 1.165) is 42.8 Å². The number of benzene rings is 1. The van der Waals surface area contributed by atoms with Crippen molar-refractivity contribution in [1.29, 1.82) is 0 Å². The lowest BCUT2D eigenvalue weighted by Gasteiger charge is -2.26. The number of carbonyl (C=O) groups is 2. The molecule has 1 N–H and O–H groups in total. The molecule has 0 atom stereocenters. The molecule has 1 fully saturated rings. The summed E-state index contributed by atoms with van der Waals surface area (Å²) in [6, 6.07) is 9.71. The normalized spacial score (nSPS) is 14.7. The monoisotopic (exact) mass is 425 g/mol. The summed E-state index contributed by atoms with van der Waals surface area (Å²) in [6.07, 6.45) is 5.46. The molecule has 27 heavy (non-hydrogen) atoms. The number of rotatable bonds is 6. The minimum atomic E-state index is -0.397. The maximum absolute atomic E-state index is 13.0. The molecule has 1 aromatic heterocycles. The molecule has 2 aromatic rings. The highest BCUT2D eigenvalue weighted by Crippen LogP contribution is 2.30. The van der Waals surface area contributed by atoms with Gasteiger partial charge in [-0.1, -0.05) is 72.8 Å². The number of nitrogens with zero attached hydrogens (tertiary/aromatic N) is 2. The van der Waals surface area contributed by atoms with E-state index >= 15 is 0 Å². The summed E-state index contributed by atoms with van der Waals surface area (Å²) in [6.45, 7) is 0.249. The number of amides is 2. The summed E-state index contributed by atoms with van der Waals surface area (Å²) >= 11 is 13.0. The molecule has 1 aromatic carbocycles. The maximum atomic E-state index is 13.0. The van der Waals surface area contributed by atoms with Gasteiger partial charge in [-0.25, -0.2) is 0 Å². The fraction of sp³-hybridized carbons (Fsp3) is 0.421. The molecular weight excluding hydrogens is 405 g/mol. The first kappa shape index (κ1) is 20.1. The van der Waals surface area contributed by atoms with Crippen LogP contribution in [0, 0.1) is 0 Å². The van der Waals surface area contributed by atoms with Crippen molar-refractivity contribution in [1.82, 2.24) is 14.6 Å². The predicted octanol–water partition coefficient (Wildman–Crippen LogP) is 4.54. The topological polar surface area (TPSA) is 62.3 Å². The molecule has 0 radical (unpaired) electrons. The first-order valence-corrected chi connectivity index (χ1v) is 10.5. The van der Waals surface area contributed by atoms with Crippen molar-refractivity contribution in [3.8, 4) is 0 Å². The Balaban J connectivity index is 1.73. The van der Waals surface area contributed by atoms with Gasteiger partial charge in [-0.05, 0) is 29.9 Å². The van der Waals surface area contributed by atoms with Crippen LogP contribution in [0.25, 0.3) is 0 Å². The number of carbonyl (C=O) groups excluding carboxylic acids is 2. The van der Waals surface area contributed by atoms with Crippen molar-refractivity contribution in [2.45, 2.75) is 44.7 Å². The van der Waals surface area contributed by atoms with Crippen LogP contribution >= 0.6 is 34.7 Å². The van der Waals surface area contributed by atoms with Gasteiger partial charge in [0.25, 0.3) is 5.91 Å². The number of hydrogen-bond acceptors (Lipinski definition) is 4. The molecule has 8 heteroatoms. The first-order chi connectivity index (χ1) is 13.0. The number of nitrogens with one attached hydrogen (secondary N) is 1. The van der Waals surface area contributed by atoms with Crippen LogP contribution in [-0.2, 0) is 11.3 Å². The number of halogens is 2. The molecular formula is C19H21Cl2N3O2S.